The third-order valence-electron chi connectivity index (χ3n) is 2.88. The fourth-order valence-electron chi connectivity index (χ4n) is 1.95. The van der Waals surface area contributed by atoms with Gasteiger partial charge in [-0.2, -0.15) is 8.42 Å². The topological polar surface area (TPSA) is 60.4 Å². The summed E-state index contributed by atoms with van der Waals surface area (Å²) in [5, 5.41) is 0. The Balaban J connectivity index is 2.49. The van der Waals surface area contributed by atoms with Crippen LogP contribution in [0.4, 0.5) is 0 Å². The second-order valence-corrected chi connectivity index (χ2v) is 4.83. The summed E-state index contributed by atoms with van der Waals surface area (Å²) in [6.45, 7) is 0. The Kier molecular flexibility index (Phi) is 3.97. The zero-order chi connectivity index (χ0) is 13.8. The summed E-state index contributed by atoms with van der Waals surface area (Å²) in [5.41, 5.74) is 0.841. The number of hydrogen-bond donors (Lipinski definition) is 0. The molecule has 1 aromatic carbocycles. The van der Waals surface area contributed by atoms with Gasteiger partial charge in [-0.3, -0.25) is 4.79 Å². The lowest BCUT2D eigenvalue weighted by Crippen LogP contribution is -2.17. The van der Waals surface area contributed by atoms with E-state index in [-0.39, 0.29) is 10.4 Å². The van der Waals surface area contributed by atoms with Crippen LogP contribution in [0.15, 0.2) is 48.1 Å². The van der Waals surface area contributed by atoms with Crippen LogP contribution < -0.4 is 4.74 Å². The minimum absolute atomic E-state index is 0.0441. The van der Waals surface area contributed by atoms with E-state index in [2.05, 4.69) is 0 Å². The van der Waals surface area contributed by atoms with Crippen LogP contribution in [0.3, 0.4) is 0 Å². The van der Waals surface area contributed by atoms with Crippen molar-refractivity contribution in [1.82, 2.24) is 0 Å². The van der Waals surface area contributed by atoms with Gasteiger partial charge >= 0.3 is 0 Å². The Hall–Kier alpha value is -2.14. The molecule has 1 aliphatic rings. The molecule has 0 aromatic heterocycles. The number of rotatable bonds is 3. The van der Waals surface area contributed by atoms with Crippen LogP contribution in [0, 0.1) is 0 Å². The van der Waals surface area contributed by atoms with Gasteiger partial charge in [0.1, 0.15) is 5.75 Å². The molecule has 1 unspecified atom stereocenters. The smallest absolute Gasteiger partial charge is 0.234 e. The minimum atomic E-state index is -2.47. The van der Waals surface area contributed by atoms with Gasteiger partial charge in [0.05, 0.1) is 12.0 Å². The number of hydrogen-bond acceptors (Lipinski definition) is 4. The SMILES string of the molecule is COc1ccc(C2C=CC=C([C]=O)C2=S(=O)=O)cc1. The molecule has 0 heterocycles. The highest BCUT2D eigenvalue weighted by Crippen LogP contribution is 2.26. The van der Waals surface area contributed by atoms with Crippen LogP contribution in [-0.2, 0) is 15.1 Å². The van der Waals surface area contributed by atoms with Crippen molar-refractivity contribution in [2.75, 3.05) is 7.11 Å². The first kappa shape index (κ1) is 13.3. The summed E-state index contributed by atoms with van der Waals surface area (Å²) < 4.78 is 27.7. The van der Waals surface area contributed by atoms with Crippen molar-refractivity contribution in [3.05, 3.63) is 53.6 Å². The Morgan fingerprint density at radius 1 is 1.21 bits per heavy atom. The van der Waals surface area contributed by atoms with Crippen molar-refractivity contribution in [2.24, 2.45) is 0 Å². The van der Waals surface area contributed by atoms with E-state index in [0.29, 0.717) is 5.75 Å². The Morgan fingerprint density at radius 3 is 2.42 bits per heavy atom. The van der Waals surface area contributed by atoms with Crippen LogP contribution in [0.5, 0.6) is 5.75 Å². The third-order valence-corrected chi connectivity index (χ3v) is 3.71. The average molecular weight is 275 g/mol. The molecule has 0 fully saturated rings. The zero-order valence-corrected chi connectivity index (χ0v) is 11.0. The highest BCUT2D eigenvalue weighted by molar-refractivity contribution is 7.73. The Morgan fingerprint density at radius 2 is 1.89 bits per heavy atom. The standard InChI is InChI=1S/C14H11O4S/c1-18-12-7-5-10(6-8-12)13-4-2-3-11(9-15)14(13)19(16)17/h2-8,13H,1H3. The third kappa shape index (κ3) is 2.66. The van der Waals surface area contributed by atoms with Crippen molar-refractivity contribution in [3.8, 4) is 5.75 Å². The van der Waals surface area contributed by atoms with Gasteiger partial charge in [-0.05, 0) is 23.8 Å². The lowest BCUT2D eigenvalue weighted by molar-refractivity contribution is 0.414. The predicted molar refractivity (Wildman–Crippen MR) is 72.6 cm³/mol. The quantitative estimate of drug-likeness (QED) is 0.783. The molecule has 97 valence electrons. The maximum Gasteiger partial charge on any atom is 0.234 e. The molecule has 2 rings (SSSR count). The molecule has 0 amide bonds. The molecular weight excluding hydrogens is 264 g/mol. The van der Waals surface area contributed by atoms with Gasteiger partial charge in [-0.25, -0.2) is 0 Å². The maximum absolute atomic E-state index is 11.3. The second-order valence-electron chi connectivity index (χ2n) is 3.92. The van der Waals surface area contributed by atoms with Gasteiger partial charge in [0.15, 0.2) is 0 Å². The van der Waals surface area contributed by atoms with E-state index in [0.717, 1.165) is 5.56 Å². The summed E-state index contributed by atoms with van der Waals surface area (Å²) >= 11 is 0. The fraction of sp³-hybridized carbons (Fsp3) is 0.143. The molecule has 1 aromatic rings. The Labute approximate surface area is 112 Å². The first-order valence-electron chi connectivity index (χ1n) is 5.54. The van der Waals surface area contributed by atoms with E-state index in [4.69, 9.17) is 4.74 Å². The van der Waals surface area contributed by atoms with Crippen LogP contribution in [0.2, 0.25) is 0 Å². The molecule has 0 aliphatic heterocycles. The molecular formula is C14H11O4S. The molecule has 0 bridgehead atoms. The first-order chi connectivity index (χ1) is 9.17. The molecule has 5 heteroatoms. The van der Waals surface area contributed by atoms with Gasteiger partial charge < -0.3 is 4.74 Å². The number of benzene rings is 1. The van der Waals surface area contributed by atoms with E-state index in [1.54, 1.807) is 49.8 Å². The highest BCUT2D eigenvalue weighted by Gasteiger charge is 2.23. The van der Waals surface area contributed by atoms with Crippen LogP contribution in [-0.4, -0.2) is 26.7 Å². The van der Waals surface area contributed by atoms with E-state index in [9.17, 15) is 13.2 Å². The van der Waals surface area contributed by atoms with E-state index in [1.165, 1.54) is 6.08 Å². The monoisotopic (exact) mass is 275 g/mol. The summed E-state index contributed by atoms with van der Waals surface area (Å²) in [7, 11) is -0.909. The predicted octanol–water partition coefficient (Wildman–Crippen LogP) is 1.44. The van der Waals surface area contributed by atoms with Gasteiger partial charge in [-0.15, -0.1) is 0 Å². The van der Waals surface area contributed by atoms with Crippen molar-refractivity contribution >= 4 is 21.4 Å². The minimum Gasteiger partial charge on any atom is -0.497 e. The number of ether oxygens (including phenoxy) is 1. The van der Waals surface area contributed by atoms with Crippen LogP contribution in [0.25, 0.3) is 0 Å². The fourth-order valence-corrected chi connectivity index (χ4v) is 2.66. The normalized spacial score (nSPS) is 17.8. The molecule has 0 saturated heterocycles. The molecule has 1 atom stereocenters. The van der Waals surface area contributed by atoms with Gasteiger partial charge in [0.2, 0.25) is 16.6 Å². The largest absolute Gasteiger partial charge is 0.497 e. The summed E-state index contributed by atoms with van der Waals surface area (Å²) in [5.74, 6) is 0.219. The van der Waals surface area contributed by atoms with Crippen molar-refractivity contribution in [1.29, 1.82) is 0 Å². The maximum atomic E-state index is 11.3. The molecule has 0 N–H and O–H groups in total. The first-order valence-corrected chi connectivity index (χ1v) is 6.62. The van der Waals surface area contributed by atoms with E-state index < -0.39 is 16.2 Å². The number of methoxy groups -OCH3 is 1. The van der Waals surface area contributed by atoms with Gasteiger partial charge in [0, 0.05) is 11.5 Å². The Bertz CT molecular complexity index is 671. The van der Waals surface area contributed by atoms with Crippen molar-refractivity contribution < 1.29 is 17.9 Å². The average Bonchev–Trinajstić information content (AvgIpc) is 2.46. The second kappa shape index (κ2) is 5.67. The molecule has 1 radical (unpaired) electrons. The van der Waals surface area contributed by atoms with E-state index in [1.807, 2.05) is 0 Å². The zero-order valence-electron chi connectivity index (χ0n) is 10.2. The number of carbonyl (C=O) groups excluding carboxylic acids is 1. The van der Waals surface area contributed by atoms with Crippen LogP contribution in [0.1, 0.15) is 11.5 Å². The van der Waals surface area contributed by atoms with Gasteiger partial charge in [0.25, 0.3) is 0 Å². The summed E-state index contributed by atoms with van der Waals surface area (Å²) in [4.78, 5) is 10.9. The number of allylic oxidation sites excluding steroid dienone is 4. The molecule has 1 aliphatic carbocycles. The lowest BCUT2D eigenvalue weighted by Gasteiger charge is -2.16. The van der Waals surface area contributed by atoms with Crippen molar-refractivity contribution in [2.45, 2.75) is 5.92 Å². The van der Waals surface area contributed by atoms with Gasteiger partial charge in [-0.1, -0.05) is 24.3 Å². The van der Waals surface area contributed by atoms with Crippen LogP contribution >= 0.6 is 0 Å². The molecule has 0 spiro atoms. The summed E-state index contributed by atoms with van der Waals surface area (Å²) in [6.07, 6.45) is 6.49. The van der Waals surface area contributed by atoms with Crippen molar-refractivity contribution in [3.63, 3.8) is 0 Å². The molecule has 19 heavy (non-hydrogen) atoms. The lowest BCUT2D eigenvalue weighted by atomic mass is 9.88. The molecule has 4 nitrogen and oxygen atoms in total. The summed E-state index contributed by atoms with van der Waals surface area (Å²) in [6, 6.07) is 7.04. The van der Waals surface area contributed by atoms with E-state index >= 15 is 0 Å². The molecule has 0 saturated carbocycles. The highest BCUT2D eigenvalue weighted by atomic mass is 32.2.